The Balaban J connectivity index is 1.23. The second kappa shape index (κ2) is 9.96. The summed E-state index contributed by atoms with van der Waals surface area (Å²) in [6.45, 7) is 0. The number of ether oxygens (including phenoxy) is 2. The van der Waals surface area contributed by atoms with Crippen molar-refractivity contribution >= 4 is 9.84 Å². The average Bonchev–Trinajstić information content (AvgIpc) is 2.75. The fraction of sp³-hybridized carbons (Fsp3) is 1.00. The van der Waals surface area contributed by atoms with Crippen molar-refractivity contribution in [2.45, 2.75) is 150 Å². The van der Waals surface area contributed by atoms with Gasteiger partial charge in [0.25, 0.3) is 0 Å². The Bertz CT molecular complexity index is 618. The summed E-state index contributed by atoms with van der Waals surface area (Å²) in [6.07, 6.45) is 17.1. The third-order valence-corrected chi connectivity index (χ3v) is 11.2. The first kappa shape index (κ1) is 23.9. The molecule has 0 atom stereocenters. The van der Waals surface area contributed by atoms with E-state index < -0.39 is 21.3 Å². The maximum atomic E-state index is 13.3. The molecule has 4 saturated carbocycles. The maximum Gasteiger partial charge on any atom is 0.156 e. The molecule has 7 heteroatoms. The molecule has 4 aliphatic carbocycles. The minimum absolute atomic E-state index is 0.120. The van der Waals surface area contributed by atoms with E-state index in [1.54, 1.807) is 0 Å². The molecule has 6 nitrogen and oxygen atoms in total. The summed E-state index contributed by atoms with van der Waals surface area (Å²) in [7, 11) is -3.10. The Labute approximate surface area is 189 Å². The molecule has 4 rings (SSSR count). The Kier molecular flexibility index (Phi) is 7.69. The molecular weight excluding hydrogens is 412 g/mol. The van der Waals surface area contributed by atoms with Gasteiger partial charge in [0, 0.05) is 0 Å². The third-order valence-electron chi connectivity index (χ3n) is 8.37. The van der Waals surface area contributed by atoms with Gasteiger partial charge in [-0.2, -0.15) is 0 Å². The first-order valence-corrected chi connectivity index (χ1v) is 14.6. The molecule has 4 aliphatic rings. The Morgan fingerprint density at radius 1 is 0.548 bits per heavy atom. The third kappa shape index (κ3) is 6.03. The van der Waals surface area contributed by atoms with Gasteiger partial charge in [-0.1, -0.05) is 12.8 Å². The number of sulfone groups is 1. The van der Waals surface area contributed by atoms with Crippen molar-refractivity contribution < 1.29 is 17.9 Å². The SMILES string of the molecule is NC1(OC2CCC(S(=O)(=O)C3CCC(OC4(N)CCCCC4)CC3)CC2)CCCCC1. The molecule has 0 saturated heterocycles. The molecule has 0 unspecified atom stereocenters. The van der Waals surface area contributed by atoms with E-state index >= 15 is 0 Å². The van der Waals surface area contributed by atoms with Gasteiger partial charge in [-0.15, -0.1) is 0 Å². The first-order valence-electron chi connectivity index (χ1n) is 12.9. The zero-order chi connectivity index (χ0) is 22.0. The fourth-order valence-electron chi connectivity index (χ4n) is 6.43. The molecule has 0 aromatic rings. The van der Waals surface area contributed by atoms with E-state index in [4.69, 9.17) is 20.9 Å². The lowest BCUT2D eigenvalue weighted by Crippen LogP contribution is -2.49. The fourth-order valence-corrected chi connectivity index (χ4v) is 8.83. The van der Waals surface area contributed by atoms with E-state index in [2.05, 4.69) is 0 Å². The van der Waals surface area contributed by atoms with Gasteiger partial charge in [-0.05, 0) is 103 Å². The molecule has 0 radical (unpaired) electrons. The van der Waals surface area contributed by atoms with Crippen molar-refractivity contribution in [3.63, 3.8) is 0 Å². The highest BCUT2D eigenvalue weighted by Gasteiger charge is 2.41. The summed E-state index contributed by atoms with van der Waals surface area (Å²) in [5.41, 5.74) is 11.9. The monoisotopic (exact) mass is 456 g/mol. The Hall–Kier alpha value is -0.210. The lowest BCUT2D eigenvalue weighted by Gasteiger charge is -2.41. The largest absolute Gasteiger partial charge is 0.358 e. The van der Waals surface area contributed by atoms with Crippen LogP contribution in [0.25, 0.3) is 0 Å². The van der Waals surface area contributed by atoms with Crippen LogP contribution in [-0.4, -0.2) is 42.6 Å². The van der Waals surface area contributed by atoms with Crippen molar-refractivity contribution in [3.05, 3.63) is 0 Å². The predicted octanol–water partition coefficient (Wildman–Crippen LogP) is 4.30. The zero-order valence-electron chi connectivity index (χ0n) is 19.2. The van der Waals surface area contributed by atoms with Crippen LogP contribution in [0.1, 0.15) is 116 Å². The van der Waals surface area contributed by atoms with Gasteiger partial charge in [-0.25, -0.2) is 8.42 Å². The summed E-state index contributed by atoms with van der Waals surface area (Å²) in [6, 6.07) is 0. The number of hydrogen-bond acceptors (Lipinski definition) is 6. The highest BCUT2D eigenvalue weighted by Crippen LogP contribution is 2.38. The normalized spacial score (nSPS) is 36.7. The second-order valence-corrected chi connectivity index (χ2v) is 13.4. The van der Waals surface area contributed by atoms with E-state index in [9.17, 15) is 8.42 Å². The van der Waals surface area contributed by atoms with E-state index in [0.29, 0.717) is 25.7 Å². The highest BCUT2D eigenvalue weighted by atomic mass is 32.2. The van der Waals surface area contributed by atoms with Gasteiger partial charge in [-0.3, -0.25) is 0 Å². The van der Waals surface area contributed by atoms with Crippen LogP contribution in [0.2, 0.25) is 0 Å². The standard InChI is InChI=1S/C24H44N2O4S/c25-23(15-3-1-4-16-23)29-19-7-11-21(12-8-19)31(27,28)22-13-9-20(10-14-22)30-24(26)17-5-2-6-18-24/h19-22H,1-18,25-26H2. The molecule has 0 amide bonds. The van der Waals surface area contributed by atoms with Crippen molar-refractivity contribution in [1.82, 2.24) is 0 Å². The second-order valence-electron chi connectivity index (χ2n) is 10.9. The first-order chi connectivity index (χ1) is 14.8. The molecule has 0 aromatic carbocycles. The lowest BCUT2D eigenvalue weighted by molar-refractivity contribution is -0.120. The van der Waals surface area contributed by atoms with Gasteiger partial charge in [0.15, 0.2) is 9.84 Å². The molecular formula is C24H44N2O4S. The van der Waals surface area contributed by atoms with E-state index in [0.717, 1.165) is 77.0 Å². The molecule has 0 aromatic heterocycles. The van der Waals surface area contributed by atoms with Crippen LogP contribution in [0.4, 0.5) is 0 Å². The van der Waals surface area contributed by atoms with Gasteiger partial charge in [0.1, 0.15) is 11.4 Å². The molecule has 180 valence electrons. The smallest absolute Gasteiger partial charge is 0.156 e. The van der Waals surface area contributed by atoms with E-state index in [-0.39, 0.29) is 22.7 Å². The van der Waals surface area contributed by atoms with Gasteiger partial charge in [0.2, 0.25) is 0 Å². The van der Waals surface area contributed by atoms with Crippen LogP contribution in [0.5, 0.6) is 0 Å². The minimum Gasteiger partial charge on any atom is -0.358 e. The summed E-state index contributed by atoms with van der Waals surface area (Å²) < 4.78 is 39.2. The number of hydrogen-bond donors (Lipinski definition) is 2. The van der Waals surface area contributed by atoms with Gasteiger partial charge in [0.05, 0.1) is 22.7 Å². The summed E-state index contributed by atoms with van der Waals surface area (Å²) in [5, 5.41) is -0.428. The topological polar surface area (TPSA) is 105 Å². The number of rotatable bonds is 6. The average molecular weight is 457 g/mol. The molecule has 0 heterocycles. The van der Waals surface area contributed by atoms with Crippen molar-refractivity contribution in [2.75, 3.05) is 0 Å². The van der Waals surface area contributed by atoms with Gasteiger partial charge < -0.3 is 20.9 Å². The Morgan fingerprint density at radius 3 is 1.19 bits per heavy atom. The lowest BCUT2D eigenvalue weighted by atomic mass is 9.90. The van der Waals surface area contributed by atoms with Crippen LogP contribution < -0.4 is 11.5 Å². The van der Waals surface area contributed by atoms with Crippen molar-refractivity contribution in [2.24, 2.45) is 11.5 Å². The maximum absolute atomic E-state index is 13.3. The molecule has 0 spiro atoms. The molecule has 4 fully saturated rings. The van der Waals surface area contributed by atoms with E-state index in [1.165, 1.54) is 12.8 Å². The summed E-state index contributed by atoms with van der Waals surface area (Å²) >= 11 is 0. The van der Waals surface area contributed by atoms with Crippen LogP contribution in [-0.2, 0) is 19.3 Å². The zero-order valence-corrected chi connectivity index (χ0v) is 20.0. The van der Waals surface area contributed by atoms with E-state index in [1.807, 2.05) is 0 Å². The molecule has 0 aliphatic heterocycles. The molecule has 0 bridgehead atoms. The Morgan fingerprint density at radius 2 is 0.871 bits per heavy atom. The van der Waals surface area contributed by atoms with Gasteiger partial charge >= 0.3 is 0 Å². The van der Waals surface area contributed by atoms with Crippen molar-refractivity contribution in [1.29, 1.82) is 0 Å². The molecule has 31 heavy (non-hydrogen) atoms. The van der Waals surface area contributed by atoms with Crippen molar-refractivity contribution in [3.8, 4) is 0 Å². The summed E-state index contributed by atoms with van der Waals surface area (Å²) in [4.78, 5) is 0. The van der Waals surface area contributed by atoms with Crippen LogP contribution in [0.3, 0.4) is 0 Å². The van der Waals surface area contributed by atoms with Crippen LogP contribution in [0.15, 0.2) is 0 Å². The van der Waals surface area contributed by atoms with Crippen LogP contribution in [0, 0.1) is 0 Å². The molecule has 4 N–H and O–H groups in total. The number of nitrogens with two attached hydrogens (primary N) is 2. The summed E-state index contributed by atoms with van der Waals surface area (Å²) in [5.74, 6) is 0. The predicted molar refractivity (Wildman–Crippen MR) is 123 cm³/mol. The minimum atomic E-state index is -3.10. The van der Waals surface area contributed by atoms with Crippen LogP contribution >= 0.6 is 0 Å². The highest BCUT2D eigenvalue weighted by molar-refractivity contribution is 7.92. The quantitative estimate of drug-likeness (QED) is 0.578.